The summed E-state index contributed by atoms with van der Waals surface area (Å²) in [4.78, 5) is 8.66. The summed E-state index contributed by atoms with van der Waals surface area (Å²) in [7, 11) is 0. The molecule has 1 aromatic carbocycles. The first-order valence-corrected chi connectivity index (χ1v) is 8.86. The fraction of sp³-hybridized carbons (Fsp3) is 0.316. The largest absolute Gasteiger partial charge is 0.474 e. The van der Waals surface area contributed by atoms with Crippen LogP contribution in [0.2, 0.25) is 0 Å². The number of aryl methyl sites for hydroxylation is 1. The van der Waals surface area contributed by atoms with Crippen molar-refractivity contribution in [2.24, 2.45) is 0 Å². The quantitative estimate of drug-likeness (QED) is 0.553. The van der Waals surface area contributed by atoms with Gasteiger partial charge in [0.1, 0.15) is 34.9 Å². The van der Waals surface area contributed by atoms with E-state index in [1.54, 1.807) is 26.0 Å². The van der Waals surface area contributed by atoms with Crippen LogP contribution in [0.3, 0.4) is 0 Å². The summed E-state index contributed by atoms with van der Waals surface area (Å²) >= 11 is 0. The van der Waals surface area contributed by atoms with Gasteiger partial charge in [0.25, 0.3) is 0 Å². The maximum Gasteiger partial charge on any atom is 0.234 e. The molecule has 3 N–H and O–H groups in total. The normalized spacial score (nSPS) is 12.1. The van der Waals surface area contributed by atoms with Crippen LogP contribution in [0.1, 0.15) is 38.2 Å². The second-order valence-corrected chi connectivity index (χ2v) is 6.63. The SMILES string of the molecule is Cc1nc(Nc2cc(OC(C)C)n[nH]2)cc(NC(C)c2ccc(F)cc2F)n1. The summed E-state index contributed by atoms with van der Waals surface area (Å²) in [5.74, 6) is 1.42. The molecule has 7 nitrogen and oxygen atoms in total. The van der Waals surface area contributed by atoms with Gasteiger partial charge >= 0.3 is 0 Å². The number of nitrogens with zero attached hydrogens (tertiary/aromatic N) is 3. The summed E-state index contributed by atoms with van der Waals surface area (Å²) in [6.45, 7) is 7.35. The summed E-state index contributed by atoms with van der Waals surface area (Å²) in [5.41, 5.74) is 0.344. The van der Waals surface area contributed by atoms with Crippen LogP contribution in [-0.4, -0.2) is 26.3 Å². The Morgan fingerprint density at radius 1 is 1.04 bits per heavy atom. The third kappa shape index (κ3) is 4.93. The molecule has 2 aromatic heterocycles. The lowest BCUT2D eigenvalue weighted by atomic mass is 10.1. The number of nitrogens with one attached hydrogen (secondary N) is 3. The zero-order valence-electron chi connectivity index (χ0n) is 16.0. The maximum absolute atomic E-state index is 14.0. The lowest BCUT2D eigenvalue weighted by Gasteiger charge is -2.16. The standard InChI is InChI=1S/C19H22F2N6O/c1-10(2)28-19-9-18(26-27-19)25-17-8-16(23-12(4)24-17)22-11(3)14-6-5-13(20)7-15(14)21/h5-11H,1-4H3,(H3,22,23,24,25,26,27). The Labute approximate surface area is 161 Å². The number of H-pyrrole nitrogens is 1. The van der Waals surface area contributed by atoms with Gasteiger partial charge in [0, 0.05) is 23.8 Å². The Hall–Kier alpha value is -3.23. The number of aromatic nitrogens is 4. The molecule has 0 aliphatic carbocycles. The van der Waals surface area contributed by atoms with Gasteiger partial charge in [0.05, 0.1) is 12.1 Å². The van der Waals surface area contributed by atoms with Crippen LogP contribution in [-0.2, 0) is 0 Å². The molecule has 0 aliphatic heterocycles. The molecule has 0 bridgehead atoms. The predicted molar refractivity (Wildman–Crippen MR) is 103 cm³/mol. The van der Waals surface area contributed by atoms with Gasteiger partial charge in [0.2, 0.25) is 5.88 Å². The van der Waals surface area contributed by atoms with Gasteiger partial charge < -0.3 is 15.4 Å². The molecule has 9 heteroatoms. The number of aromatic amines is 1. The van der Waals surface area contributed by atoms with Crippen molar-refractivity contribution < 1.29 is 13.5 Å². The van der Waals surface area contributed by atoms with Crippen LogP contribution in [0.25, 0.3) is 0 Å². The van der Waals surface area contributed by atoms with Crippen molar-refractivity contribution in [1.82, 2.24) is 20.2 Å². The molecule has 3 aromatic rings. The highest BCUT2D eigenvalue weighted by atomic mass is 19.1. The van der Waals surface area contributed by atoms with E-state index in [1.165, 1.54) is 12.1 Å². The van der Waals surface area contributed by atoms with Gasteiger partial charge in [-0.05, 0) is 33.8 Å². The molecule has 2 heterocycles. The third-order valence-corrected chi connectivity index (χ3v) is 3.80. The predicted octanol–water partition coefficient (Wildman–Crippen LogP) is 4.49. The number of hydrogen-bond acceptors (Lipinski definition) is 6. The second kappa shape index (κ2) is 8.20. The highest BCUT2D eigenvalue weighted by Gasteiger charge is 2.13. The molecular weight excluding hydrogens is 366 g/mol. The van der Waals surface area contributed by atoms with E-state index in [-0.39, 0.29) is 6.10 Å². The van der Waals surface area contributed by atoms with Crippen LogP contribution in [0.5, 0.6) is 5.88 Å². The first kappa shape index (κ1) is 19.5. The number of benzene rings is 1. The molecule has 0 aliphatic rings. The van der Waals surface area contributed by atoms with Crippen molar-refractivity contribution in [1.29, 1.82) is 0 Å². The Kier molecular flexibility index (Phi) is 5.72. The van der Waals surface area contributed by atoms with E-state index >= 15 is 0 Å². The van der Waals surface area contributed by atoms with Crippen molar-refractivity contribution >= 4 is 17.5 Å². The number of hydrogen-bond donors (Lipinski definition) is 3. The van der Waals surface area contributed by atoms with Crippen LogP contribution >= 0.6 is 0 Å². The molecule has 0 spiro atoms. The van der Waals surface area contributed by atoms with E-state index in [4.69, 9.17) is 4.74 Å². The summed E-state index contributed by atoms with van der Waals surface area (Å²) in [6, 6.07) is 6.50. The molecule has 28 heavy (non-hydrogen) atoms. The van der Waals surface area contributed by atoms with E-state index in [0.29, 0.717) is 34.7 Å². The lowest BCUT2D eigenvalue weighted by molar-refractivity contribution is 0.232. The smallest absolute Gasteiger partial charge is 0.234 e. The monoisotopic (exact) mass is 388 g/mol. The molecule has 148 valence electrons. The molecule has 0 saturated heterocycles. The molecule has 0 saturated carbocycles. The summed E-state index contributed by atoms with van der Waals surface area (Å²) < 4.78 is 32.6. The van der Waals surface area contributed by atoms with Gasteiger partial charge in [-0.1, -0.05) is 6.07 Å². The molecule has 0 radical (unpaired) electrons. The molecule has 0 fully saturated rings. The third-order valence-electron chi connectivity index (χ3n) is 3.80. The molecule has 0 amide bonds. The molecule has 1 unspecified atom stereocenters. The summed E-state index contributed by atoms with van der Waals surface area (Å²) in [6.07, 6.45) is 0.0154. The average molecular weight is 388 g/mol. The van der Waals surface area contributed by atoms with Crippen molar-refractivity contribution in [3.8, 4) is 5.88 Å². The van der Waals surface area contributed by atoms with Crippen LogP contribution in [0.4, 0.5) is 26.2 Å². The minimum atomic E-state index is -0.613. The van der Waals surface area contributed by atoms with Gasteiger partial charge in [-0.15, -0.1) is 5.10 Å². The lowest BCUT2D eigenvalue weighted by Crippen LogP contribution is -2.11. The Morgan fingerprint density at radius 2 is 1.79 bits per heavy atom. The van der Waals surface area contributed by atoms with Gasteiger partial charge in [-0.25, -0.2) is 18.7 Å². The van der Waals surface area contributed by atoms with Gasteiger partial charge in [-0.2, -0.15) is 0 Å². The molecule has 1 atom stereocenters. The van der Waals surface area contributed by atoms with E-state index in [9.17, 15) is 8.78 Å². The maximum atomic E-state index is 14.0. The van der Waals surface area contributed by atoms with E-state index in [0.717, 1.165) is 6.07 Å². The highest BCUT2D eigenvalue weighted by molar-refractivity contribution is 5.57. The highest BCUT2D eigenvalue weighted by Crippen LogP contribution is 2.24. The fourth-order valence-corrected chi connectivity index (χ4v) is 2.67. The Balaban J connectivity index is 1.74. The second-order valence-electron chi connectivity index (χ2n) is 6.63. The Bertz CT molecular complexity index is 959. The van der Waals surface area contributed by atoms with E-state index < -0.39 is 17.7 Å². The van der Waals surface area contributed by atoms with Crippen molar-refractivity contribution in [3.05, 3.63) is 53.4 Å². The number of anilines is 3. The van der Waals surface area contributed by atoms with Crippen LogP contribution in [0, 0.1) is 18.6 Å². The molecular formula is C19H22F2N6O. The number of halogens is 2. The van der Waals surface area contributed by atoms with Crippen molar-refractivity contribution in [3.63, 3.8) is 0 Å². The van der Waals surface area contributed by atoms with Gasteiger partial charge in [-0.3, -0.25) is 5.10 Å². The minimum absolute atomic E-state index is 0.0154. The first-order chi connectivity index (χ1) is 13.3. The van der Waals surface area contributed by atoms with Crippen LogP contribution < -0.4 is 15.4 Å². The zero-order chi connectivity index (χ0) is 20.3. The van der Waals surface area contributed by atoms with Crippen molar-refractivity contribution in [2.75, 3.05) is 10.6 Å². The minimum Gasteiger partial charge on any atom is -0.474 e. The number of ether oxygens (including phenoxy) is 1. The zero-order valence-corrected chi connectivity index (χ0v) is 16.0. The van der Waals surface area contributed by atoms with E-state index in [1.807, 2.05) is 13.8 Å². The van der Waals surface area contributed by atoms with Gasteiger partial charge in [0.15, 0.2) is 0 Å². The number of rotatable bonds is 7. The fourth-order valence-electron chi connectivity index (χ4n) is 2.67. The first-order valence-electron chi connectivity index (χ1n) is 8.86. The topological polar surface area (TPSA) is 87.8 Å². The summed E-state index contributed by atoms with van der Waals surface area (Å²) in [5, 5.41) is 13.1. The Morgan fingerprint density at radius 3 is 2.50 bits per heavy atom. The average Bonchev–Trinajstić information content (AvgIpc) is 3.00. The van der Waals surface area contributed by atoms with E-state index in [2.05, 4.69) is 30.8 Å². The van der Waals surface area contributed by atoms with Crippen molar-refractivity contribution in [2.45, 2.75) is 39.8 Å². The molecule has 3 rings (SSSR count). The van der Waals surface area contributed by atoms with Crippen LogP contribution in [0.15, 0.2) is 30.3 Å².